The van der Waals surface area contributed by atoms with E-state index in [0.717, 1.165) is 6.42 Å². The number of carbonyl (C=O) groups is 1. The number of rotatable bonds is 3. The quantitative estimate of drug-likeness (QED) is 0.791. The molecule has 0 bridgehead atoms. The molecular formula is C13H15ClFNO2. The Kier molecular flexibility index (Phi) is 4.07. The summed E-state index contributed by atoms with van der Waals surface area (Å²) in [4.78, 5) is 13.9. The van der Waals surface area contributed by atoms with Crippen molar-refractivity contribution in [1.82, 2.24) is 4.90 Å². The van der Waals surface area contributed by atoms with Crippen LogP contribution >= 0.6 is 11.6 Å². The lowest BCUT2D eigenvalue weighted by atomic mass is 10.1. The number of benzene rings is 1. The van der Waals surface area contributed by atoms with Crippen LogP contribution in [0.25, 0.3) is 0 Å². The maximum absolute atomic E-state index is 13.8. The molecular weight excluding hydrogens is 257 g/mol. The molecule has 5 heteroatoms. The number of hydrogen-bond acceptors (Lipinski definition) is 2. The van der Waals surface area contributed by atoms with Gasteiger partial charge in [0.2, 0.25) is 0 Å². The second kappa shape index (κ2) is 5.57. The van der Waals surface area contributed by atoms with Crippen LogP contribution in [0.4, 0.5) is 4.39 Å². The molecule has 0 radical (unpaired) electrons. The number of amides is 1. The zero-order chi connectivity index (χ0) is 13.1. The van der Waals surface area contributed by atoms with E-state index in [0.29, 0.717) is 24.9 Å². The van der Waals surface area contributed by atoms with Crippen molar-refractivity contribution in [2.45, 2.75) is 6.42 Å². The lowest BCUT2D eigenvalue weighted by molar-refractivity contribution is 0.0780. The van der Waals surface area contributed by atoms with Gasteiger partial charge in [-0.1, -0.05) is 6.07 Å². The zero-order valence-electron chi connectivity index (χ0n) is 10.2. The van der Waals surface area contributed by atoms with Crippen molar-refractivity contribution in [3.8, 4) is 5.75 Å². The Morgan fingerprint density at radius 1 is 1.61 bits per heavy atom. The van der Waals surface area contributed by atoms with E-state index >= 15 is 0 Å². The molecule has 0 N–H and O–H groups in total. The molecule has 2 rings (SSSR count). The fourth-order valence-corrected chi connectivity index (χ4v) is 2.44. The first kappa shape index (κ1) is 13.1. The van der Waals surface area contributed by atoms with E-state index in [-0.39, 0.29) is 17.2 Å². The molecule has 1 saturated heterocycles. The lowest BCUT2D eigenvalue weighted by Gasteiger charge is -2.18. The minimum absolute atomic E-state index is 0.00947. The summed E-state index contributed by atoms with van der Waals surface area (Å²) >= 11 is 5.78. The fraction of sp³-hybridized carbons (Fsp3) is 0.462. The number of carbonyl (C=O) groups excluding carboxylic acids is 1. The standard InChI is InChI=1S/C13H15ClFNO2/c1-18-11-4-2-3-10(15)12(11)13(17)16-6-5-9(7-14)8-16/h2-4,9H,5-8H2,1H3. The van der Waals surface area contributed by atoms with Gasteiger partial charge in [0, 0.05) is 19.0 Å². The van der Waals surface area contributed by atoms with E-state index in [9.17, 15) is 9.18 Å². The maximum atomic E-state index is 13.8. The topological polar surface area (TPSA) is 29.5 Å². The van der Waals surface area contributed by atoms with Gasteiger partial charge in [0.1, 0.15) is 17.1 Å². The minimum atomic E-state index is -0.548. The van der Waals surface area contributed by atoms with Crippen LogP contribution in [0.3, 0.4) is 0 Å². The fourth-order valence-electron chi connectivity index (χ4n) is 2.18. The smallest absolute Gasteiger partial charge is 0.260 e. The first-order chi connectivity index (χ1) is 8.67. The maximum Gasteiger partial charge on any atom is 0.260 e. The van der Waals surface area contributed by atoms with Gasteiger partial charge >= 0.3 is 0 Å². The summed E-state index contributed by atoms with van der Waals surface area (Å²) in [7, 11) is 1.43. The van der Waals surface area contributed by atoms with Crippen molar-refractivity contribution < 1.29 is 13.9 Å². The number of likely N-dealkylation sites (tertiary alicyclic amines) is 1. The highest BCUT2D eigenvalue weighted by atomic mass is 35.5. The lowest BCUT2D eigenvalue weighted by Crippen LogP contribution is -2.30. The van der Waals surface area contributed by atoms with E-state index in [2.05, 4.69) is 0 Å². The van der Waals surface area contributed by atoms with Crippen molar-refractivity contribution in [2.24, 2.45) is 5.92 Å². The largest absolute Gasteiger partial charge is 0.496 e. The molecule has 1 unspecified atom stereocenters. The van der Waals surface area contributed by atoms with E-state index < -0.39 is 5.82 Å². The molecule has 1 fully saturated rings. The van der Waals surface area contributed by atoms with Crippen LogP contribution in [0.5, 0.6) is 5.75 Å². The minimum Gasteiger partial charge on any atom is -0.496 e. The van der Waals surface area contributed by atoms with E-state index in [1.165, 1.54) is 19.2 Å². The first-order valence-corrected chi connectivity index (χ1v) is 6.38. The molecule has 1 heterocycles. The van der Waals surface area contributed by atoms with Crippen LogP contribution in [0, 0.1) is 11.7 Å². The van der Waals surface area contributed by atoms with Gasteiger partial charge in [-0.05, 0) is 24.5 Å². The second-order valence-corrected chi connectivity index (χ2v) is 4.69. The Balaban J connectivity index is 2.24. The number of halogens is 2. The molecule has 1 amide bonds. The summed E-state index contributed by atoms with van der Waals surface area (Å²) in [6.45, 7) is 1.20. The van der Waals surface area contributed by atoms with E-state index in [1.807, 2.05) is 0 Å². The highest BCUT2D eigenvalue weighted by molar-refractivity contribution is 6.18. The van der Waals surface area contributed by atoms with Crippen molar-refractivity contribution >= 4 is 17.5 Å². The molecule has 0 aromatic heterocycles. The van der Waals surface area contributed by atoms with Crippen molar-refractivity contribution in [3.05, 3.63) is 29.6 Å². The van der Waals surface area contributed by atoms with Crippen LogP contribution in [0.1, 0.15) is 16.8 Å². The number of methoxy groups -OCH3 is 1. The van der Waals surface area contributed by atoms with Crippen LogP contribution in [0.15, 0.2) is 18.2 Å². The Morgan fingerprint density at radius 3 is 3.00 bits per heavy atom. The highest BCUT2D eigenvalue weighted by Crippen LogP contribution is 2.26. The van der Waals surface area contributed by atoms with Crippen LogP contribution in [-0.2, 0) is 0 Å². The molecule has 1 aromatic carbocycles. The normalized spacial score (nSPS) is 19.1. The Bertz CT molecular complexity index is 453. The molecule has 0 spiro atoms. The molecule has 0 saturated carbocycles. The van der Waals surface area contributed by atoms with Gasteiger partial charge in [-0.25, -0.2) is 4.39 Å². The van der Waals surface area contributed by atoms with Crippen molar-refractivity contribution in [2.75, 3.05) is 26.1 Å². The van der Waals surface area contributed by atoms with Gasteiger partial charge in [0.15, 0.2) is 0 Å². The van der Waals surface area contributed by atoms with Crippen LogP contribution in [0.2, 0.25) is 0 Å². The van der Waals surface area contributed by atoms with E-state index in [1.54, 1.807) is 11.0 Å². The summed E-state index contributed by atoms with van der Waals surface area (Å²) in [5, 5.41) is 0. The Labute approximate surface area is 110 Å². The van der Waals surface area contributed by atoms with Gasteiger partial charge in [0.25, 0.3) is 5.91 Å². The number of ether oxygens (including phenoxy) is 1. The molecule has 3 nitrogen and oxygen atoms in total. The molecule has 0 aliphatic carbocycles. The average Bonchev–Trinajstić information content (AvgIpc) is 2.86. The predicted molar refractivity (Wildman–Crippen MR) is 67.7 cm³/mol. The molecule has 1 aromatic rings. The predicted octanol–water partition coefficient (Wildman–Crippen LogP) is 2.54. The number of hydrogen-bond donors (Lipinski definition) is 0. The SMILES string of the molecule is COc1cccc(F)c1C(=O)N1CCC(CCl)C1. The van der Waals surface area contributed by atoms with E-state index in [4.69, 9.17) is 16.3 Å². The highest BCUT2D eigenvalue weighted by Gasteiger charge is 2.29. The van der Waals surface area contributed by atoms with Crippen molar-refractivity contribution in [1.29, 1.82) is 0 Å². The second-order valence-electron chi connectivity index (χ2n) is 4.38. The van der Waals surface area contributed by atoms with Gasteiger partial charge < -0.3 is 9.64 Å². The summed E-state index contributed by atoms with van der Waals surface area (Å²) < 4.78 is 18.8. The summed E-state index contributed by atoms with van der Waals surface area (Å²) in [5.41, 5.74) is 0.00947. The van der Waals surface area contributed by atoms with Gasteiger partial charge in [-0.2, -0.15) is 0 Å². The van der Waals surface area contributed by atoms with Crippen molar-refractivity contribution in [3.63, 3.8) is 0 Å². The monoisotopic (exact) mass is 271 g/mol. The summed E-state index contributed by atoms with van der Waals surface area (Å²) in [6.07, 6.45) is 0.867. The Hall–Kier alpha value is -1.29. The third-order valence-corrected chi connectivity index (χ3v) is 3.64. The number of alkyl halides is 1. The third-order valence-electron chi connectivity index (χ3n) is 3.20. The summed E-state index contributed by atoms with van der Waals surface area (Å²) in [6, 6.07) is 4.38. The van der Waals surface area contributed by atoms with Gasteiger partial charge in [-0.15, -0.1) is 11.6 Å². The zero-order valence-corrected chi connectivity index (χ0v) is 10.9. The average molecular weight is 272 g/mol. The number of nitrogens with zero attached hydrogens (tertiary/aromatic N) is 1. The molecule has 1 aliphatic heterocycles. The Morgan fingerprint density at radius 2 is 2.39 bits per heavy atom. The van der Waals surface area contributed by atoms with Crippen LogP contribution in [-0.4, -0.2) is 36.9 Å². The third kappa shape index (κ3) is 2.43. The van der Waals surface area contributed by atoms with Gasteiger partial charge in [-0.3, -0.25) is 4.79 Å². The molecule has 18 heavy (non-hydrogen) atoms. The molecule has 1 atom stereocenters. The molecule has 98 valence electrons. The molecule has 1 aliphatic rings. The first-order valence-electron chi connectivity index (χ1n) is 5.85. The summed E-state index contributed by atoms with van der Waals surface area (Å²) in [5.74, 6) is 0.229. The van der Waals surface area contributed by atoms with Crippen LogP contribution < -0.4 is 4.74 Å². The van der Waals surface area contributed by atoms with Gasteiger partial charge in [0.05, 0.1) is 7.11 Å².